The Bertz CT molecular complexity index is 4220. The zero-order valence-electron chi connectivity index (χ0n) is 44.8. The minimum atomic E-state index is -1.13. The fourth-order valence-electron chi connectivity index (χ4n) is 13.5. The summed E-state index contributed by atoms with van der Waals surface area (Å²) in [6, 6.07) is 47.7. The molecule has 13 rings (SSSR count). The van der Waals surface area contributed by atoms with Gasteiger partial charge in [-0.25, -0.2) is 0 Å². The van der Waals surface area contributed by atoms with Crippen LogP contribution in [-0.4, -0.2) is 66.4 Å². The van der Waals surface area contributed by atoms with Gasteiger partial charge in [0, 0.05) is 76.3 Å². The van der Waals surface area contributed by atoms with E-state index in [1.165, 1.54) is 115 Å². The molecule has 2 heterocycles. The predicted octanol–water partition coefficient (Wildman–Crippen LogP) is 13.4. The smallest absolute Gasteiger partial charge is 0.135 e. The van der Waals surface area contributed by atoms with Gasteiger partial charge < -0.3 is 75.9 Å². The molecule has 0 spiro atoms. The standard InChI is InChI=1S/C70H54O15/c71-41-12-1-34(2-13-41)3-22-52-63(56(83)33-58-65(52)61(39-23-46(76)27-47(77)24-39)69(85-58)37-8-18-44(74)19-9-37)59(35-4-14-42(72)15-5-35)67-53-29-50(80)31-55(82)64(53)60(36-6-16-43(73)17-7-36)68(67)54-30-51(81)32-57-66(54)62(40-25-48(78)28-49(79)26-40)70(84-57)38-10-20-45(75)21-11-38/h1-33,59-62,67-83H/b22-3+. The van der Waals surface area contributed by atoms with E-state index in [1.54, 1.807) is 84.9 Å². The first-order valence-electron chi connectivity index (χ1n) is 27.3. The molecular weight excluding hydrogens is 1080 g/mol. The fraction of sp³-hybridized carbons (Fsp3) is 0.114. The van der Waals surface area contributed by atoms with Crippen LogP contribution in [0.15, 0.2) is 188 Å². The second-order valence-corrected chi connectivity index (χ2v) is 21.9. The van der Waals surface area contributed by atoms with Crippen LogP contribution in [0.3, 0.4) is 0 Å². The van der Waals surface area contributed by atoms with Gasteiger partial charge >= 0.3 is 0 Å². The number of phenolic OH excluding ortho intramolecular Hbond substituents is 13. The Morgan fingerprint density at radius 3 is 1.26 bits per heavy atom. The van der Waals surface area contributed by atoms with Crippen LogP contribution >= 0.6 is 0 Å². The molecule has 2 aliphatic heterocycles. The van der Waals surface area contributed by atoms with Crippen molar-refractivity contribution in [3.63, 3.8) is 0 Å². The highest BCUT2D eigenvalue weighted by molar-refractivity contribution is 5.80. The molecule has 1 aliphatic carbocycles. The molecule has 0 fully saturated rings. The van der Waals surface area contributed by atoms with Crippen LogP contribution in [0.5, 0.6) is 86.2 Å². The van der Waals surface area contributed by atoms with Gasteiger partial charge in [0.2, 0.25) is 0 Å². The fourth-order valence-corrected chi connectivity index (χ4v) is 13.5. The molecule has 0 aromatic heterocycles. The van der Waals surface area contributed by atoms with Gasteiger partial charge in [-0.15, -0.1) is 0 Å². The number of aromatic hydroxyl groups is 13. The monoisotopic (exact) mass is 1130 g/mol. The molecule has 85 heavy (non-hydrogen) atoms. The summed E-state index contributed by atoms with van der Waals surface area (Å²) in [7, 11) is 0. The summed E-state index contributed by atoms with van der Waals surface area (Å²) in [6.45, 7) is 0. The number of hydrogen-bond acceptors (Lipinski definition) is 15. The summed E-state index contributed by atoms with van der Waals surface area (Å²) in [5.41, 5.74) is 6.38. The first kappa shape index (κ1) is 53.3. The minimum absolute atomic E-state index is 0.0133. The molecular formula is C70H54O15. The SMILES string of the molecule is Oc1ccc(/C=C/c2c3c(cc(O)c2C(c2ccc(O)cc2)C2c4cc(O)cc(O)c4C(c4ccc(O)cc4)C2c2cc(O)cc4c2C(c2cc(O)cc(O)c2)C(c2ccc(O)cc2)O4)OC(c2ccc(O)cc2)C3c2cc(O)cc(O)c2)cc1. The Morgan fingerprint density at radius 1 is 0.318 bits per heavy atom. The highest BCUT2D eigenvalue weighted by Crippen LogP contribution is 2.68. The lowest BCUT2D eigenvalue weighted by Crippen LogP contribution is -2.22. The first-order valence-corrected chi connectivity index (χ1v) is 27.3. The lowest BCUT2D eigenvalue weighted by Gasteiger charge is -2.36. The normalized spacial score (nSPS) is 19.6. The van der Waals surface area contributed by atoms with Crippen molar-refractivity contribution in [2.24, 2.45) is 0 Å². The summed E-state index contributed by atoms with van der Waals surface area (Å²) in [5.74, 6) is -7.85. The van der Waals surface area contributed by atoms with Crippen molar-refractivity contribution in [1.29, 1.82) is 0 Å². The summed E-state index contributed by atoms with van der Waals surface area (Å²) < 4.78 is 13.8. The molecule has 15 nitrogen and oxygen atoms in total. The average molecular weight is 1140 g/mol. The second kappa shape index (κ2) is 20.7. The van der Waals surface area contributed by atoms with Crippen LogP contribution in [0.4, 0.5) is 0 Å². The third kappa shape index (κ3) is 9.56. The van der Waals surface area contributed by atoms with Gasteiger partial charge in [-0.3, -0.25) is 0 Å². The third-order valence-electron chi connectivity index (χ3n) is 16.8. The molecule has 0 radical (unpaired) electrons. The van der Waals surface area contributed by atoms with Gasteiger partial charge in [0.25, 0.3) is 0 Å². The highest BCUT2D eigenvalue weighted by Gasteiger charge is 2.53. The molecule has 0 bridgehead atoms. The summed E-state index contributed by atoms with van der Waals surface area (Å²) in [6.07, 6.45) is 1.73. The predicted molar refractivity (Wildman–Crippen MR) is 315 cm³/mol. The van der Waals surface area contributed by atoms with Crippen molar-refractivity contribution in [3.05, 3.63) is 266 Å². The molecule has 15 heteroatoms. The topological polar surface area (TPSA) is 281 Å². The van der Waals surface area contributed by atoms with Gasteiger partial charge in [-0.1, -0.05) is 72.8 Å². The van der Waals surface area contributed by atoms with E-state index in [-0.39, 0.29) is 91.8 Å². The van der Waals surface area contributed by atoms with Crippen LogP contribution in [0.1, 0.15) is 126 Å². The zero-order valence-corrected chi connectivity index (χ0v) is 44.8. The van der Waals surface area contributed by atoms with E-state index in [2.05, 4.69) is 0 Å². The maximum Gasteiger partial charge on any atom is 0.135 e. The first-order chi connectivity index (χ1) is 40.9. The average Bonchev–Trinajstić information content (AvgIpc) is 2.42. The maximum absolute atomic E-state index is 13.4. The number of phenols is 13. The van der Waals surface area contributed by atoms with E-state index >= 15 is 0 Å². The Hall–Kier alpha value is -11.1. The Labute approximate surface area is 485 Å². The number of ether oxygens (including phenoxy) is 2. The summed E-state index contributed by atoms with van der Waals surface area (Å²) in [4.78, 5) is 0. The third-order valence-corrected chi connectivity index (χ3v) is 16.8. The van der Waals surface area contributed by atoms with Crippen molar-refractivity contribution in [2.45, 2.75) is 47.7 Å². The molecule has 13 N–H and O–H groups in total. The molecule has 0 amide bonds. The lowest BCUT2D eigenvalue weighted by molar-refractivity contribution is 0.221. The van der Waals surface area contributed by atoms with Crippen molar-refractivity contribution >= 4 is 12.2 Å². The molecule has 0 saturated carbocycles. The quantitative estimate of drug-likeness (QED) is 0.0536. The van der Waals surface area contributed by atoms with Crippen LogP contribution in [0.2, 0.25) is 0 Å². The maximum atomic E-state index is 13.4. The van der Waals surface area contributed by atoms with Crippen molar-refractivity contribution in [3.8, 4) is 86.2 Å². The van der Waals surface area contributed by atoms with Crippen molar-refractivity contribution < 1.29 is 75.9 Å². The minimum Gasteiger partial charge on any atom is -0.508 e. The van der Waals surface area contributed by atoms with E-state index < -0.39 is 47.7 Å². The van der Waals surface area contributed by atoms with Crippen LogP contribution < -0.4 is 9.47 Å². The largest absolute Gasteiger partial charge is 0.508 e. The van der Waals surface area contributed by atoms with Crippen molar-refractivity contribution in [1.82, 2.24) is 0 Å². The van der Waals surface area contributed by atoms with Crippen molar-refractivity contribution in [2.75, 3.05) is 0 Å². The molecule has 424 valence electrons. The van der Waals surface area contributed by atoms with Gasteiger partial charge in [0.15, 0.2) is 0 Å². The molecule has 8 unspecified atom stereocenters. The summed E-state index contributed by atoms with van der Waals surface area (Å²) >= 11 is 0. The van der Waals surface area contributed by atoms with E-state index in [0.29, 0.717) is 72.3 Å². The van der Waals surface area contributed by atoms with Crippen LogP contribution in [0, 0.1) is 0 Å². The molecule has 10 aromatic rings. The number of hydrogen-bond donors (Lipinski definition) is 13. The molecule has 8 atom stereocenters. The molecule has 0 saturated heterocycles. The molecule has 10 aromatic carbocycles. The van der Waals surface area contributed by atoms with Crippen LogP contribution in [0.25, 0.3) is 12.2 Å². The van der Waals surface area contributed by atoms with Gasteiger partial charge in [-0.2, -0.15) is 0 Å². The number of rotatable bonds is 11. The Morgan fingerprint density at radius 2 is 0.741 bits per heavy atom. The van der Waals surface area contributed by atoms with E-state index in [1.807, 2.05) is 0 Å². The van der Waals surface area contributed by atoms with Crippen LogP contribution in [-0.2, 0) is 0 Å². The second-order valence-electron chi connectivity index (χ2n) is 21.9. The summed E-state index contributed by atoms with van der Waals surface area (Å²) in [5, 5.41) is 148. The van der Waals surface area contributed by atoms with E-state index in [4.69, 9.17) is 9.47 Å². The van der Waals surface area contributed by atoms with Gasteiger partial charge in [0.05, 0.1) is 11.8 Å². The van der Waals surface area contributed by atoms with E-state index in [9.17, 15) is 66.4 Å². The Kier molecular flexibility index (Phi) is 13.0. The number of fused-ring (bicyclic) bond motifs is 3. The zero-order chi connectivity index (χ0) is 59.1. The van der Waals surface area contributed by atoms with Gasteiger partial charge in [-0.05, 0) is 153 Å². The Balaban J connectivity index is 1.15. The van der Waals surface area contributed by atoms with Gasteiger partial charge in [0.1, 0.15) is 98.5 Å². The molecule has 3 aliphatic rings. The highest BCUT2D eigenvalue weighted by atomic mass is 16.5. The lowest BCUT2D eigenvalue weighted by atomic mass is 9.66. The van der Waals surface area contributed by atoms with E-state index in [0.717, 1.165) is 0 Å². The number of benzene rings is 10.